The number of aliphatic hydroxyl groups excluding tert-OH is 1. The van der Waals surface area contributed by atoms with Crippen molar-refractivity contribution < 1.29 is 24.2 Å². The second-order valence-corrected chi connectivity index (χ2v) is 6.27. The maximum absolute atomic E-state index is 11.5. The molecule has 0 amide bonds. The summed E-state index contributed by atoms with van der Waals surface area (Å²) in [5.41, 5.74) is 0. The Kier molecular flexibility index (Phi) is 16.0. The minimum atomic E-state index is -0.334. The molecule has 0 aromatic heterocycles. The molecule has 0 fully saturated rings. The molecular weight excluding hydrogens is 308 g/mol. The SMILES string of the molecule is CCCCCCCCOC(=O)CCCOC(=O)CCCC(O)CC. The van der Waals surface area contributed by atoms with Crippen molar-refractivity contribution in [3.05, 3.63) is 0 Å². The Morgan fingerprint density at radius 2 is 1.33 bits per heavy atom. The number of carbonyl (C=O) groups is 2. The molecule has 142 valence electrons. The maximum atomic E-state index is 11.5. The number of carbonyl (C=O) groups excluding carboxylic acids is 2. The lowest BCUT2D eigenvalue weighted by atomic mass is 10.1. The van der Waals surface area contributed by atoms with Gasteiger partial charge in [-0.15, -0.1) is 0 Å². The molecule has 0 saturated carbocycles. The lowest BCUT2D eigenvalue weighted by molar-refractivity contribution is -0.147. The summed E-state index contributed by atoms with van der Waals surface area (Å²) in [4.78, 5) is 23.0. The number of hydrogen-bond acceptors (Lipinski definition) is 5. The van der Waals surface area contributed by atoms with E-state index >= 15 is 0 Å². The second kappa shape index (κ2) is 16.7. The zero-order valence-corrected chi connectivity index (χ0v) is 15.6. The van der Waals surface area contributed by atoms with Crippen molar-refractivity contribution in [2.45, 2.75) is 97.0 Å². The first-order chi connectivity index (χ1) is 11.6. The van der Waals surface area contributed by atoms with Crippen LogP contribution in [0.5, 0.6) is 0 Å². The maximum Gasteiger partial charge on any atom is 0.305 e. The fraction of sp³-hybridized carbons (Fsp3) is 0.895. The van der Waals surface area contributed by atoms with Crippen LogP contribution in [-0.4, -0.2) is 36.4 Å². The topological polar surface area (TPSA) is 72.8 Å². The summed E-state index contributed by atoms with van der Waals surface area (Å²) in [6.45, 7) is 4.84. The van der Waals surface area contributed by atoms with Gasteiger partial charge in [-0.25, -0.2) is 0 Å². The molecule has 5 heteroatoms. The number of esters is 2. The van der Waals surface area contributed by atoms with Gasteiger partial charge >= 0.3 is 11.9 Å². The van der Waals surface area contributed by atoms with Gasteiger partial charge in [0.2, 0.25) is 0 Å². The molecule has 24 heavy (non-hydrogen) atoms. The predicted octanol–water partition coefficient (Wildman–Crippen LogP) is 4.15. The third-order valence-electron chi connectivity index (χ3n) is 3.94. The van der Waals surface area contributed by atoms with Crippen molar-refractivity contribution in [2.24, 2.45) is 0 Å². The number of hydrogen-bond donors (Lipinski definition) is 1. The van der Waals surface area contributed by atoms with Gasteiger partial charge in [-0.05, 0) is 32.1 Å². The predicted molar refractivity (Wildman–Crippen MR) is 94.7 cm³/mol. The van der Waals surface area contributed by atoms with E-state index in [0.29, 0.717) is 38.7 Å². The molecule has 0 heterocycles. The average Bonchev–Trinajstić information content (AvgIpc) is 2.57. The Hall–Kier alpha value is -1.10. The van der Waals surface area contributed by atoms with Crippen molar-refractivity contribution in [1.29, 1.82) is 0 Å². The second-order valence-electron chi connectivity index (χ2n) is 6.27. The largest absolute Gasteiger partial charge is 0.466 e. The summed E-state index contributed by atoms with van der Waals surface area (Å²) in [7, 11) is 0. The molecule has 0 bridgehead atoms. The molecule has 0 radical (unpaired) electrons. The molecule has 5 nitrogen and oxygen atoms in total. The first kappa shape index (κ1) is 22.9. The summed E-state index contributed by atoms with van der Waals surface area (Å²) in [5.74, 6) is -0.482. The molecule has 0 saturated heterocycles. The third-order valence-corrected chi connectivity index (χ3v) is 3.94. The Bertz CT molecular complexity index is 317. The van der Waals surface area contributed by atoms with Crippen molar-refractivity contribution in [1.82, 2.24) is 0 Å². The Balaban J connectivity index is 3.37. The highest BCUT2D eigenvalue weighted by molar-refractivity contribution is 5.70. The number of aliphatic hydroxyl groups is 1. The van der Waals surface area contributed by atoms with Crippen molar-refractivity contribution in [2.75, 3.05) is 13.2 Å². The van der Waals surface area contributed by atoms with Crippen molar-refractivity contribution in [3.8, 4) is 0 Å². The van der Waals surface area contributed by atoms with Gasteiger partial charge in [-0.1, -0.05) is 46.0 Å². The van der Waals surface area contributed by atoms with E-state index in [2.05, 4.69) is 6.92 Å². The fourth-order valence-corrected chi connectivity index (χ4v) is 2.30. The first-order valence-electron chi connectivity index (χ1n) is 9.59. The van der Waals surface area contributed by atoms with Crippen LogP contribution in [0.2, 0.25) is 0 Å². The van der Waals surface area contributed by atoms with E-state index in [1.54, 1.807) is 0 Å². The zero-order chi connectivity index (χ0) is 18.0. The molecular formula is C19H36O5. The van der Waals surface area contributed by atoms with Gasteiger partial charge in [0.1, 0.15) is 0 Å². The van der Waals surface area contributed by atoms with Gasteiger partial charge < -0.3 is 14.6 Å². The highest BCUT2D eigenvalue weighted by Gasteiger charge is 2.07. The monoisotopic (exact) mass is 344 g/mol. The van der Waals surface area contributed by atoms with E-state index in [4.69, 9.17) is 9.47 Å². The fourth-order valence-electron chi connectivity index (χ4n) is 2.30. The smallest absolute Gasteiger partial charge is 0.305 e. The third kappa shape index (κ3) is 15.8. The Morgan fingerprint density at radius 3 is 1.96 bits per heavy atom. The lowest BCUT2D eigenvalue weighted by Gasteiger charge is -2.08. The lowest BCUT2D eigenvalue weighted by Crippen LogP contribution is -2.11. The van der Waals surface area contributed by atoms with Gasteiger partial charge in [-0.3, -0.25) is 9.59 Å². The molecule has 0 aromatic carbocycles. The first-order valence-corrected chi connectivity index (χ1v) is 9.59. The minimum absolute atomic E-state index is 0.217. The van der Waals surface area contributed by atoms with E-state index in [1.165, 1.54) is 25.7 Å². The van der Waals surface area contributed by atoms with Crippen LogP contribution in [0.15, 0.2) is 0 Å². The van der Waals surface area contributed by atoms with Gasteiger partial charge in [0.05, 0.1) is 19.3 Å². The van der Waals surface area contributed by atoms with Gasteiger partial charge in [0, 0.05) is 12.8 Å². The Morgan fingerprint density at radius 1 is 0.792 bits per heavy atom. The average molecular weight is 344 g/mol. The van der Waals surface area contributed by atoms with E-state index in [0.717, 1.165) is 12.8 Å². The zero-order valence-electron chi connectivity index (χ0n) is 15.6. The number of unbranched alkanes of at least 4 members (excludes halogenated alkanes) is 5. The van der Waals surface area contributed by atoms with Crippen molar-refractivity contribution >= 4 is 11.9 Å². The molecule has 0 aliphatic rings. The molecule has 1 unspecified atom stereocenters. The summed E-state index contributed by atoms with van der Waals surface area (Å²) in [6, 6.07) is 0. The van der Waals surface area contributed by atoms with Crippen LogP contribution >= 0.6 is 0 Å². The molecule has 0 spiro atoms. The van der Waals surface area contributed by atoms with Crippen molar-refractivity contribution in [3.63, 3.8) is 0 Å². The molecule has 0 rings (SSSR count). The van der Waals surface area contributed by atoms with Crippen LogP contribution in [0, 0.1) is 0 Å². The standard InChI is InChI=1S/C19H36O5/c1-3-5-6-7-8-9-15-23-19(22)14-11-16-24-18(21)13-10-12-17(20)4-2/h17,20H,3-16H2,1-2H3. The van der Waals surface area contributed by atoms with Crippen LogP contribution in [0.1, 0.15) is 90.9 Å². The van der Waals surface area contributed by atoms with E-state index in [9.17, 15) is 14.7 Å². The summed E-state index contributed by atoms with van der Waals surface area (Å²) in [5, 5.41) is 9.39. The normalized spacial score (nSPS) is 12.0. The van der Waals surface area contributed by atoms with Crippen LogP contribution in [0.3, 0.4) is 0 Å². The summed E-state index contributed by atoms with van der Waals surface area (Å²) < 4.78 is 10.2. The highest BCUT2D eigenvalue weighted by atomic mass is 16.5. The quantitative estimate of drug-likeness (QED) is 0.336. The van der Waals surface area contributed by atoms with Gasteiger partial charge in [-0.2, -0.15) is 0 Å². The van der Waals surface area contributed by atoms with E-state index in [-0.39, 0.29) is 31.1 Å². The van der Waals surface area contributed by atoms with Gasteiger partial charge in [0.25, 0.3) is 0 Å². The van der Waals surface area contributed by atoms with Crippen LogP contribution < -0.4 is 0 Å². The molecule has 1 atom stereocenters. The molecule has 0 aromatic rings. The van der Waals surface area contributed by atoms with Crippen LogP contribution in [0.25, 0.3) is 0 Å². The summed E-state index contributed by atoms with van der Waals surface area (Å²) >= 11 is 0. The van der Waals surface area contributed by atoms with E-state index in [1.807, 2.05) is 6.92 Å². The minimum Gasteiger partial charge on any atom is -0.466 e. The van der Waals surface area contributed by atoms with E-state index < -0.39 is 0 Å². The highest BCUT2D eigenvalue weighted by Crippen LogP contribution is 2.06. The van der Waals surface area contributed by atoms with Crippen LogP contribution in [0.4, 0.5) is 0 Å². The van der Waals surface area contributed by atoms with Gasteiger partial charge in [0.15, 0.2) is 0 Å². The molecule has 1 N–H and O–H groups in total. The Labute approximate surface area is 147 Å². The number of rotatable bonds is 16. The molecule has 0 aliphatic heterocycles. The van der Waals surface area contributed by atoms with Crippen LogP contribution in [-0.2, 0) is 19.1 Å². The summed E-state index contributed by atoms with van der Waals surface area (Å²) in [6.07, 6.45) is 9.74. The number of ether oxygens (including phenoxy) is 2. The molecule has 0 aliphatic carbocycles.